The fraction of sp³-hybridized carbons (Fsp3) is 0.520. The molecule has 6 aliphatic carbocycles. The number of rotatable bonds is 2. The summed E-state index contributed by atoms with van der Waals surface area (Å²) in [5, 5.41) is 0. The molecule has 0 aromatic carbocycles. The van der Waals surface area contributed by atoms with Gasteiger partial charge in [0, 0.05) is 29.3 Å². The SMILES string of the molecule is Cc1ccc(-c2sc(-c3cc4c(s3)C3CCC4CC3)c3c2C2CCC3CC2)s1. The van der Waals surface area contributed by atoms with Gasteiger partial charge in [0.15, 0.2) is 0 Å². The second kappa shape index (κ2) is 6.06. The Hall–Kier alpha value is -0.900. The van der Waals surface area contributed by atoms with Crippen LogP contribution in [-0.2, 0) is 0 Å². The average Bonchev–Trinajstić information content (AvgIpc) is 3.46. The van der Waals surface area contributed by atoms with Crippen LogP contribution >= 0.6 is 34.0 Å². The Morgan fingerprint density at radius 2 is 1.25 bits per heavy atom. The zero-order valence-electron chi connectivity index (χ0n) is 16.4. The van der Waals surface area contributed by atoms with Gasteiger partial charge in [-0.2, -0.15) is 0 Å². The average molecular weight is 423 g/mol. The van der Waals surface area contributed by atoms with E-state index in [1.54, 1.807) is 36.2 Å². The molecule has 2 saturated carbocycles. The number of hydrogen-bond donors (Lipinski definition) is 0. The number of thiophene rings is 3. The van der Waals surface area contributed by atoms with Gasteiger partial charge in [-0.15, -0.1) is 34.0 Å². The molecule has 0 N–H and O–H groups in total. The molecule has 0 amide bonds. The molecule has 6 aliphatic rings. The van der Waals surface area contributed by atoms with Gasteiger partial charge in [-0.25, -0.2) is 0 Å². The standard InChI is InChI=1S/C25H26S3/c1-13-2-11-19(26-13)24-21-15-5-7-16(8-6-15)22(21)25(28-24)20-12-18-14-3-9-17(10-4-14)23(18)27-20/h2,11-12,14-17H,3-10H2,1H3. The molecule has 3 aromatic heterocycles. The van der Waals surface area contributed by atoms with Gasteiger partial charge >= 0.3 is 0 Å². The Morgan fingerprint density at radius 3 is 1.86 bits per heavy atom. The lowest BCUT2D eigenvalue weighted by Crippen LogP contribution is -2.20. The first-order valence-corrected chi connectivity index (χ1v) is 13.6. The lowest BCUT2D eigenvalue weighted by Gasteiger charge is -2.37. The van der Waals surface area contributed by atoms with E-state index in [1.165, 1.54) is 61.1 Å². The smallest absolute Gasteiger partial charge is 0.0487 e. The van der Waals surface area contributed by atoms with Crippen molar-refractivity contribution in [2.24, 2.45) is 0 Å². The molecule has 28 heavy (non-hydrogen) atoms. The molecule has 9 rings (SSSR count). The van der Waals surface area contributed by atoms with Crippen LogP contribution in [0.1, 0.15) is 101 Å². The Labute approximate surface area is 179 Å². The molecule has 0 unspecified atom stereocenters. The van der Waals surface area contributed by atoms with Gasteiger partial charge in [-0.3, -0.25) is 0 Å². The molecule has 0 saturated heterocycles. The number of hydrogen-bond acceptors (Lipinski definition) is 3. The quantitative estimate of drug-likeness (QED) is 0.386. The lowest BCUT2D eigenvalue weighted by molar-refractivity contribution is 0.362. The first-order chi connectivity index (χ1) is 13.8. The summed E-state index contributed by atoms with van der Waals surface area (Å²) in [6.07, 6.45) is 11.5. The van der Waals surface area contributed by atoms with E-state index in [-0.39, 0.29) is 0 Å². The Balaban J connectivity index is 1.44. The summed E-state index contributed by atoms with van der Waals surface area (Å²) in [6.45, 7) is 2.25. The van der Waals surface area contributed by atoms with Gasteiger partial charge in [0.05, 0.1) is 0 Å². The molecule has 3 heteroatoms. The minimum atomic E-state index is 0.827. The van der Waals surface area contributed by atoms with E-state index in [1.807, 2.05) is 11.3 Å². The van der Waals surface area contributed by atoms with E-state index in [4.69, 9.17) is 0 Å². The minimum absolute atomic E-state index is 0.827. The normalized spacial score (nSPS) is 29.9. The zero-order chi connectivity index (χ0) is 18.4. The maximum absolute atomic E-state index is 2.65. The highest BCUT2D eigenvalue weighted by Gasteiger charge is 2.40. The molecule has 3 heterocycles. The molecule has 0 aliphatic heterocycles. The van der Waals surface area contributed by atoms with E-state index < -0.39 is 0 Å². The van der Waals surface area contributed by atoms with Crippen molar-refractivity contribution in [3.63, 3.8) is 0 Å². The second-order valence-corrected chi connectivity index (χ2v) is 12.9. The van der Waals surface area contributed by atoms with E-state index in [0.29, 0.717) is 0 Å². The molecule has 0 nitrogen and oxygen atoms in total. The summed E-state index contributed by atoms with van der Waals surface area (Å²) < 4.78 is 0. The minimum Gasteiger partial charge on any atom is -0.140 e. The maximum Gasteiger partial charge on any atom is 0.0487 e. The highest BCUT2D eigenvalue weighted by molar-refractivity contribution is 7.26. The zero-order valence-corrected chi connectivity index (χ0v) is 18.9. The molecule has 0 atom stereocenters. The van der Waals surface area contributed by atoms with Gasteiger partial charge in [-0.05, 0) is 117 Å². The van der Waals surface area contributed by atoms with Crippen molar-refractivity contribution in [2.75, 3.05) is 0 Å². The van der Waals surface area contributed by atoms with Gasteiger partial charge in [0.25, 0.3) is 0 Å². The van der Waals surface area contributed by atoms with Crippen molar-refractivity contribution >= 4 is 34.0 Å². The van der Waals surface area contributed by atoms with E-state index in [2.05, 4.69) is 47.8 Å². The summed E-state index contributed by atoms with van der Waals surface area (Å²) >= 11 is 6.33. The van der Waals surface area contributed by atoms with Crippen molar-refractivity contribution in [3.8, 4) is 19.5 Å². The first-order valence-electron chi connectivity index (χ1n) is 11.1. The predicted octanol–water partition coefficient (Wildman–Crippen LogP) is 9.02. The number of fused-ring (bicyclic) bond motifs is 4. The van der Waals surface area contributed by atoms with Crippen molar-refractivity contribution in [1.82, 2.24) is 0 Å². The number of aryl methyl sites for hydroxylation is 1. The van der Waals surface area contributed by atoms with Crippen LogP contribution in [0.5, 0.6) is 0 Å². The Morgan fingerprint density at radius 1 is 0.643 bits per heavy atom. The third kappa shape index (κ3) is 2.27. The van der Waals surface area contributed by atoms with Crippen LogP contribution in [-0.4, -0.2) is 0 Å². The van der Waals surface area contributed by atoms with Crippen LogP contribution in [0.3, 0.4) is 0 Å². The van der Waals surface area contributed by atoms with Crippen molar-refractivity contribution < 1.29 is 0 Å². The topological polar surface area (TPSA) is 0 Å². The van der Waals surface area contributed by atoms with Gasteiger partial charge in [0.2, 0.25) is 0 Å². The van der Waals surface area contributed by atoms with Crippen LogP contribution in [0, 0.1) is 6.92 Å². The van der Waals surface area contributed by atoms with E-state index in [0.717, 1.165) is 23.7 Å². The van der Waals surface area contributed by atoms with E-state index >= 15 is 0 Å². The monoisotopic (exact) mass is 422 g/mol. The molecular formula is C25H26S3. The summed E-state index contributed by atoms with van der Waals surface area (Å²) in [4.78, 5) is 9.67. The Kier molecular flexibility index (Phi) is 3.65. The first kappa shape index (κ1) is 16.8. The van der Waals surface area contributed by atoms with Crippen molar-refractivity contribution in [1.29, 1.82) is 0 Å². The largest absolute Gasteiger partial charge is 0.140 e. The third-order valence-corrected chi connectivity index (χ3v) is 11.9. The second-order valence-electron chi connectivity index (χ2n) is 9.53. The fourth-order valence-corrected chi connectivity index (χ4v) is 10.7. The highest BCUT2D eigenvalue weighted by Crippen LogP contribution is 2.61. The Bertz CT molecular complexity index is 1030. The van der Waals surface area contributed by atoms with Gasteiger partial charge < -0.3 is 0 Å². The molecular weight excluding hydrogens is 396 g/mol. The molecule has 2 fully saturated rings. The summed E-state index contributed by atoms with van der Waals surface area (Å²) in [5.74, 6) is 3.41. The molecule has 0 radical (unpaired) electrons. The van der Waals surface area contributed by atoms with Crippen LogP contribution in [0.15, 0.2) is 18.2 Å². The van der Waals surface area contributed by atoms with Gasteiger partial charge in [-0.1, -0.05) is 0 Å². The maximum atomic E-state index is 2.65. The highest BCUT2D eigenvalue weighted by atomic mass is 32.1. The van der Waals surface area contributed by atoms with Crippen LogP contribution in [0.2, 0.25) is 0 Å². The van der Waals surface area contributed by atoms with Crippen LogP contribution < -0.4 is 0 Å². The van der Waals surface area contributed by atoms with E-state index in [9.17, 15) is 0 Å². The summed E-state index contributed by atoms with van der Waals surface area (Å²) in [7, 11) is 0. The lowest BCUT2D eigenvalue weighted by atomic mass is 9.67. The van der Waals surface area contributed by atoms with Gasteiger partial charge in [0.1, 0.15) is 0 Å². The van der Waals surface area contributed by atoms with Crippen molar-refractivity contribution in [3.05, 3.63) is 44.6 Å². The summed E-state index contributed by atoms with van der Waals surface area (Å²) in [5.41, 5.74) is 5.32. The molecule has 4 bridgehead atoms. The molecule has 3 aromatic rings. The van der Waals surface area contributed by atoms with Crippen LogP contribution in [0.25, 0.3) is 19.5 Å². The molecule has 144 valence electrons. The fourth-order valence-electron chi connectivity index (χ4n) is 6.70. The predicted molar refractivity (Wildman–Crippen MR) is 124 cm³/mol. The van der Waals surface area contributed by atoms with Crippen molar-refractivity contribution in [2.45, 2.75) is 82.0 Å². The molecule has 0 spiro atoms. The third-order valence-electron chi connectivity index (χ3n) is 8.04. The summed E-state index contributed by atoms with van der Waals surface area (Å²) in [6, 6.07) is 7.35. The van der Waals surface area contributed by atoms with Crippen LogP contribution in [0.4, 0.5) is 0 Å².